The van der Waals surface area contributed by atoms with Crippen LogP contribution in [0.15, 0.2) is 42.5 Å². The molecule has 21 heavy (non-hydrogen) atoms. The van der Waals surface area contributed by atoms with Crippen LogP contribution in [0.25, 0.3) is 0 Å². The van der Waals surface area contributed by atoms with Gasteiger partial charge in [0, 0.05) is 19.3 Å². The maximum absolute atomic E-state index is 13.4. The predicted octanol–water partition coefficient (Wildman–Crippen LogP) is 3.50. The fraction of sp³-hybridized carbons (Fsp3) is 0.235. The minimum atomic E-state index is -0.390. The minimum absolute atomic E-state index is 0.333. The van der Waals surface area contributed by atoms with Gasteiger partial charge in [0.25, 0.3) is 0 Å². The van der Waals surface area contributed by atoms with E-state index < -0.39 is 5.82 Å². The maximum Gasteiger partial charge on any atom is 0.124 e. The molecular weight excluding hydrogens is 267 g/mol. The molecule has 2 rings (SSSR count). The lowest BCUT2D eigenvalue weighted by Crippen LogP contribution is -2.04. The molecule has 0 unspecified atom stereocenters. The summed E-state index contributed by atoms with van der Waals surface area (Å²) in [5.41, 5.74) is 3.22. The smallest absolute Gasteiger partial charge is 0.124 e. The lowest BCUT2D eigenvalue weighted by molar-refractivity contribution is 0.202. The summed E-state index contributed by atoms with van der Waals surface area (Å²) in [6, 6.07) is 14.3. The molecule has 2 aromatic rings. The molecule has 1 N–H and O–H groups in total. The second-order valence-electron chi connectivity index (χ2n) is 4.71. The second-order valence-corrected chi connectivity index (χ2v) is 4.71. The molecule has 0 spiro atoms. The summed E-state index contributed by atoms with van der Waals surface area (Å²) in [6.45, 7) is 1.12. The zero-order valence-electron chi connectivity index (χ0n) is 11.9. The van der Waals surface area contributed by atoms with Crippen LogP contribution in [0.5, 0.6) is 0 Å². The van der Waals surface area contributed by atoms with Crippen LogP contribution in [0.4, 0.5) is 10.1 Å². The Labute approximate surface area is 124 Å². The Bertz CT molecular complexity index is 649. The number of hydrogen-bond acceptors (Lipinski definition) is 3. The molecule has 2 aromatic carbocycles. The molecule has 0 amide bonds. The van der Waals surface area contributed by atoms with Gasteiger partial charge in [0.15, 0.2) is 0 Å². The van der Waals surface area contributed by atoms with Crippen LogP contribution in [0, 0.1) is 17.1 Å². The zero-order valence-corrected chi connectivity index (χ0v) is 11.9. The molecule has 0 saturated carbocycles. The number of benzene rings is 2. The summed E-state index contributed by atoms with van der Waals surface area (Å²) in [7, 11) is 1.67. The summed E-state index contributed by atoms with van der Waals surface area (Å²) in [5.74, 6) is -0.390. The lowest BCUT2D eigenvalue weighted by atomic mass is 10.1. The van der Waals surface area contributed by atoms with Gasteiger partial charge < -0.3 is 10.1 Å². The van der Waals surface area contributed by atoms with Gasteiger partial charge in [0.2, 0.25) is 0 Å². The fourth-order valence-electron chi connectivity index (χ4n) is 2.14. The Kier molecular flexibility index (Phi) is 5.30. The van der Waals surface area contributed by atoms with E-state index in [1.807, 2.05) is 30.3 Å². The largest absolute Gasteiger partial charge is 0.384 e. The molecule has 0 aromatic heterocycles. The number of nitrogens with zero attached hydrogens (tertiary/aromatic N) is 1. The monoisotopic (exact) mass is 284 g/mol. The SMILES string of the molecule is COCCc1ccccc1NCc1cc(F)cc(C#N)c1. The van der Waals surface area contributed by atoms with Gasteiger partial charge in [-0.3, -0.25) is 0 Å². The molecule has 0 radical (unpaired) electrons. The highest BCUT2D eigenvalue weighted by atomic mass is 19.1. The Morgan fingerprint density at radius 1 is 1.24 bits per heavy atom. The van der Waals surface area contributed by atoms with Crippen LogP contribution >= 0.6 is 0 Å². The van der Waals surface area contributed by atoms with Gasteiger partial charge in [0.1, 0.15) is 5.82 Å². The highest BCUT2D eigenvalue weighted by molar-refractivity contribution is 5.51. The van der Waals surface area contributed by atoms with Crippen LogP contribution in [0.2, 0.25) is 0 Å². The van der Waals surface area contributed by atoms with Crippen molar-refractivity contribution in [3.63, 3.8) is 0 Å². The van der Waals surface area contributed by atoms with E-state index in [9.17, 15) is 4.39 Å². The molecular formula is C17H17FN2O. The number of para-hydroxylation sites is 1. The summed E-state index contributed by atoms with van der Waals surface area (Å²) in [4.78, 5) is 0. The van der Waals surface area contributed by atoms with Crippen LogP contribution in [0.1, 0.15) is 16.7 Å². The topological polar surface area (TPSA) is 45.0 Å². The summed E-state index contributed by atoms with van der Waals surface area (Å²) < 4.78 is 18.5. The molecule has 0 heterocycles. The number of ether oxygens (including phenoxy) is 1. The summed E-state index contributed by atoms with van der Waals surface area (Å²) >= 11 is 0. The van der Waals surface area contributed by atoms with Crippen molar-refractivity contribution in [2.24, 2.45) is 0 Å². The van der Waals surface area contributed by atoms with Crippen molar-refractivity contribution in [2.45, 2.75) is 13.0 Å². The Balaban J connectivity index is 2.09. The third-order valence-corrected chi connectivity index (χ3v) is 3.16. The van der Waals surface area contributed by atoms with E-state index in [-0.39, 0.29) is 0 Å². The molecule has 0 bridgehead atoms. The zero-order chi connectivity index (χ0) is 15.1. The van der Waals surface area contributed by atoms with Gasteiger partial charge in [-0.25, -0.2) is 4.39 Å². The standard InChI is InChI=1S/C17H17FN2O/c1-21-7-6-15-4-2-3-5-17(15)20-12-14-8-13(11-19)9-16(18)10-14/h2-5,8-10,20H,6-7,12H2,1H3. The molecule has 0 aliphatic heterocycles. The van der Waals surface area contributed by atoms with Crippen LogP contribution in [0.3, 0.4) is 0 Å². The number of rotatable bonds is 6. The Morgan fingerprint density at radius 3 is 2.81 bits per heavy atom. The van der Waals surface area contributed by atoms with Gasteiger partial charge in [-0.2, -0.15) is 5.26 Å². The van der Waals surface area contributed by atoms with Gasteiger partial charge in [0.05, 0.1) is 18.2 Å². The summed E-state index contributed by atoms with van der Waals surface area (Å²) in [6.07, 6.45) is 0.812. The molecule has 0 aliphatic carbocycles. The normalized spacial score (nSPS) is 10.1. The second kappa shape index (κ2) is 7.41. The van der Waals surface area contributed by atoms with Crippen molar-refractivity contribution in [1.82, 2.24) is 0 Å². The number of halogens is 1. The lowest BCUT2D eigenvalue weighted by Gasteiger charge is -2.12. The minimum Gasteiger partial charge on any atom is -0.384 e. The van der Waals surface area contributed by atoms with E-state index in [0.717, 1.165) is 23.2 Å². The van der Waals surface area contributed by atoms with Gasteiger partial charge in [-0.15, -0.1) is 0 Å². The molecule has 4 heteroatoms. The predicted molar refractivity (Wildman–Crippen MR) is 80.5 cm³/mol. The number of nitrogens with one attached hydrogen (secondary N) is 1. The number of anilines is 1. The van der Waals surface area contributed by atoms with Crippen molar-refractivity contribution >= 4 is 5.69 Å². The average molecular weight is 284 g/mol. The first-order chi connectivity index (χ1) is 10.2. The van der Waals surface area contributed by atoms with Crippen molar-refractivity contribution in [2.75, 3.05) is 19.0 Å². The molecule has 0 saturated heterocycles. The highest BCUT2D eigenvalue weighted by Gasteiger charge is 2.04. The van der Waals surface area contributed by atoms with E-state index in [1.165, 1.54) is 12.1 Å². The summed E-state index contributed by atoms with van der Waals surface area (Å²) in [5, 5.41) is 12.1. The van der Waals surface area contributed by atoms with Gasteiger partial charge in [-0.1, -0.05) is 18.2 Å². The first kappa shape index (κ1) is 15.0. The Morgan fingerprint density at radius 2 is 2.05 bits per heavy atom. The van der Waals surface area contributed by atoms with Crippen LogP contribution < -0.4 is 5.32 Å². The molecule has 3 nitrogen and oxygen atoms in total. The van der Waals surface area contributed by atoms with Gasteiger partial charge in [-0.05, 0) is 41.8 Å². The first-order valence-electron chi connectivity index (χ1n) is 6.73. The third-order valence-electron chi connectivity index (χ3n) is 3.16. The Hall–Kier alpha value is -2.38. The van der Waals surface area contributed by atoms with E-state index >= 15 is 0 Å². The number of methoxy groups -OCH3 is 1. The quantitative estimate of drug-likeness (QED) is 0.883. The van der Waals surface area contributed by atoms with E-state index in [4.69, 9.17) is 10.00 Å². The molecule has 0 aliphatic rings. The van der Waals surface area contributed by atoms with Crippen molar-refractivity contribution in [3.8, 4) is 6.07 Å². The van der Waals surface area contributed by atoms with Crippen molar-refractivity contribution in [3.05, 3.63) is 65.0 Å². The number of hydrogen-bond donors (Lipinski definition) is 1. The van der Waals surface area contributed by atoms with Crippen LogP contribution in [-0.4, -0.2) is 13.7 Å². The average Bonchev–Trinajstić information content (AvgIpc) is 2.51. The molecule has 0 fully saturated rings. The maximum atomic E-state index is 13.4. The van der Waals surface area contributed by atoms with E-state index in [1.54, 1.807) is 13.2 Å². The first-order valence-corrected chi connectivity index (χ1v) is 6.73. The highest BCUT2D eigenvalue weighted by Crippen LogP contribution is 2.17. The molecule has 0 atom stereocenters. The van der Waals surface area contributed by atoms with E-state index in [2.05, 4.69) is 5.32 Å². The van der Waals surface area contributed by atoms with E-state index in [0.29, 0.717) is 18.7 Å². The third kappa shape index (κ3) is 4.30. The van der Waals surface area contributed by atoms with Crippen LogP contribution in [-0.2, 0) is 17.7 Å². The fourth-order valence-corrected chi connectivity index (χ4v) is 2.14. The molecule has 108 valence electrons. The van der Waals surface area contributed by atoms with Gasteiger partial charge >= 0.3 is 0 Å². The van der Waals surface area contributed by atoms with Crippen molar-refractivity contribution < 1.29 is 9.13 Å². The number of nitriles is 1. The van der Waals surface area contributed by atoms with Crippen molar-refractivity contribution in [1.29, 1.82) is 5.26 Å².